The van der Waals surface area contributed by atoms with Crippen molar-refractivity contribution in [3.8, 4) is 0 Å². The number of hydrogen-bond donors (Lipinski definition) is 1. The third kappa shape index (κ3) is 4.54. The number of likely N-dealkylation sites (tertiary alicyclic amines) is 1. The first kappa shape index (κ1) is 19.3. The smallest absolute Gasteiger partial charge is 0.253 e. The maximum Gasteiger partial charge on any atom is 0.253 e. The van der Waals surface area contributed by atoms with Crippen molar-refractivity contribution in [2.24, 2.45) is 5.92 Å². The molecular formula is C22H21ClN4O2. The van der Waals surface area contributed by atoms with Gasteiger partial charge in [0.1, 0.15) is 5.15 Å². The van der Waals surface area contributed by atoms with Gasteiger partial charge < -0.3 is 10.2 Å². The standard InChI is InChI=1S/C22H21ClN4O2/c23-20-6-4-17-12-18(3-5-19(17)26-20)22(29)27-10-7-16(8-11-27)21(28)25-14-15-2-1-9-24-13-15/h1-6,9,12-13,16H,7-8,10-11,14H2,(H,25,28). The summed E-state index contributed by atoms with van der Waals surface area (Å²) in [6, 6.07) is 12.8. The Morgan fingerprint density at radius 1 is 1.14 bits per heavy atom. The number of piperidine rings is 1. The Labute approximate surface area is 173 Å². The van der Waals surface area contributed by atoms with Gasteiger partial charge in [-0.25, -0.2) is 4.98 Å². The number of aromatic nitrogens is 2. The molecule has 0 radical (unpaired) electrons. The van der Waals surface area contributed by atoms with Crippen LogP contribution in [0.4, 0.5) is 0 Å². The van der Waals surface area contributed by atoms with Gasteiger partial charge in [-0.05, 0) is 54.8 Å². The number of pyridine rings is 2. The molecule has 1 aliphatic heterocycles. The fourth-order valence-electron chi connectivity index (χ4n) is 3.60. The van der Waals surface area contributed by atoms with Gasteiger partial charge in [0.05, 0.1) is 5.52 Å². The van der Waals surface area contributed by atoms with Crippen molar-refractivity contribution in [2.45, 2.75) is 19.4 Å². The molecule has 0 bridgehead atoms. The van der Waals surface area contributed by atoms with E-state index in [1.54, 1.807) is 24.5 Å². The quantitative estimate of drug-likeness (QED) is 0.671. The Morgan fingerprint density at radius 3 is 2.72 bits per heavy atom. The number of fused-ring (bicyclic) bond motifs is 1. The second kappa shape index (κ2) is 8.57. The summed E-state index contributed by atoms with van der Waals surface area (Å²) in [6.45, 7) is 1.61. The predicted molar refractivity (Wildman–Crippen MR) is 111 cm³/mol. The average molecular weight is 409 g/mol. The van der Waals surface area contributed by atoms with Crippen LogP contribution in [0.1, 0.15) is 28.8 Å². The monoisotopic (exact) mass is 408 g/mol. The number of benzene rings is 1. The molecule has 0 atom stereocenters. The molecular weight excluding hydrogens is 388 g/mol. The highest BCUT2D eigenvalue weighted by molar-refractivity contribution is 6.29. The maximum absolute atomic E-state index is 12.9. The Kier molecular flexibility index (Phi) is 5.71. The first-order valence-corrected chi connectivity index (χ1v) is 10.00. The lowest BCUT2D eigenvalue weighted by Crippen LogP contribution is -2.42. The zero-order chi connectivity index (χ0) is 20.2. The van der Waals surface area contributed by atoms with E-state index in [4.69, 9.17) is 11.6 Å². The number of rotatable bonds is 4. The van der Waals surface area contributed by atoms with Gasteiger partial charge in [0, 0.05) is 48.9 Å². The van der Waals surface area contributed by atoms with Crippen LogP contribution in [0, 0.1) is 5.92 Å². The number of carbonyl (C=O) groups is 2. The van der Waals surface area contributed by atoms with Crippen LogP contribution in [0.3, 0.4) is 0 Å². The lowest BCUT2D eigenvalue weighted by Gasteiger charge is -2.31. The summed E-state index contributed by atoms with van der Waals surface area (Å²) in [4.78, 5) is 35.4. The van der Waals surface area contributed by atoms with Gasteiger partial charge in [0.25, 0.3) is 5.91 Å². The molecule has 3 heterocycles. The molecule has 0 aliphatic carbocycles. The van der Waals surface area contributed by atoms with E-state index in [0.717, 1.165) is 16.5 Å². The van der Waals surface area contributed by atoms with Gasteiger partial charge in [0.15, 0.2) is 0 Å². The minimum Gasteiger partial charge on any atom is -0.352 e. The summed E-state index contributed by atoms with van der Waals surface area (Å²) >= 11 is 5.92. The first-order chi connectivity index (χ1) is 14.1. The third-order valence-corrected chi connectivity index (χ3v) is 5.46. The molecule has 148 valence electrons. The van der Waals surface area contributed by atoms with Crippen molar-refractivity contribution in [3.63, 3.8) is 0 Å². The fraction of sp³-hybridized carbons (Fsp3) is 0.273. The molecule has 0 spiro atoms. The number of nitrogens with zero attached hydrogens (tertiary/aromatic N) is 3. The number of carbonyl (C=O) groups excluding carboxylic acids is 2. The summed E-state index contributed by atoms with van der Waals surface area (Å²) in [5.74, 6) is -0.0515. The molecule has 29 heavy (non-hydrogen) atoms. The fourth-order valence-corrected chi connectivity index (χ4v) is 3.75. The molecule has 7 heteroatoms. The second-order valence-electron chi connectivity index (χ2n) is 7.19. The second-order valence-corrected chi connectivity index (χ2v) is 7.57. The van der Waals surface area contributed by atoms with Gasteiger partial charge in [-0.3, -0.25) is 14.6 Å². The lowest BCUT2D eigenvalue weighted by atomic mass is 9.95. The van der Waals surface area contributed by atoms with E-state index in [-0.39, 0.29) is 17.7 Å². The molecule has 6 nitrogen and oxygen atoms in total. The average Bonchev–Trinajstić information content (AvgIpc) is 2.77. The van der Waals surface area contributed by atoms with E-state index < -0.39 is 0 Å². The Bertz CT molecular complexity index is 1030. The topological polar surface area (TPSA) is 75.2 Å². The van der Waals surface area contributed by atoms with Crippen LogP contribution in [0.25, 0.3) is 10.9 Å². The summed E-state index contributed by atoms with van der Waals surface area (Å²) < 4.78 is 0. The van der Waals surface area contributed by atoms with Gasteiger partial charge in [0.2, 0.25) is 5.91 Å². The van der Waals surface area contributed by atoms with Crippen molar-refractivity contribution in [2.75, 3.05) is 13.1 Å². The molecule has 0 unspecified atom stereocenters. The van der Waals surface area contributed by atoms with Crippen LogP contribution in [-0.2, 0) is 11.3 Å². The van der Waals surface area contributed by atoms with Gasteiger partial charge in [-0.1, -0.05) is 17.7 Å². The molecule has 2 amide bonds. The molecule has 2 aromatic heterocycles. The van der Waals surface area contributed by atoms with Crippen LogP contribution in [0.5, 0.6) is 0 Å². The molecule has 1 N–H and O–H groups in total. The Morgan fingerprint density at radius 2 is 1.97 bits per heavy atom. The highest BCUT2D eigenvalue weighted by atomic mass is 35.5. The number of hydrogen-bond acceptors (Lipinski definition) is 4. The van der Waals surface area contributed by atoms with Crippen molar-refractivity contribution in [3.05, 3.63) is 71.1 Å². The highest BCUT2D eigenvalue weighted by Gasteiger charge is 2.27. The maximum atomic E-state index is 12.9. The Balaban J connectivity index is 1.33. The summed E-state index contributed by atoms with van der Waals surface area (Å²) in [6.07, 6.45) is 4.78. The van der Waals surface area contributed by atoms with Crippen LogP contribution in [0.2, 0.25) is 5.15 Å². The van der Waals surface area contributed by atoms with E-state index in [1.807, 2.05) is 35.2 Å². The van der Waals surface area contributed by atoms with E-state index >= 15 is 0 Å². The van der Waals surface area contributed by atoms with Gasteiger partial charge in [-0.15, -0.1) is 0 Å². The van der Waals surface area contributed by atoms with E-state index in [9.17, 15) is 9.59 Å². The largest absolute Gasteiger partial charge is 0.352 e. The number of nitrogens with one attached hydrogen (secondary N) is 1. The van der Waals surface area contributed by atoms with Crippen LogP contribution < -0.4 is 5.32 Å². The van der Waals surface area contributed by atoms with Crippen molar-refractivity contribution < 1.29 is 9.59 Å². The highest BCUT2D eigenvalue weighted by Crippen LogP contribution is 2.22. The number of halogens is 1. The molecule has 0 saturated carbocycles. The third-order valence-electron chi connectivity index (χ3n) is 5.24. The molecule has 3 aromatic rings. The van der Waals surface area contributed by atoms with E-state index in [0.29, 0.717) is 43.2 Å². The summed E-state index contributed by atoms with van der Waals surface area (Å²) in [5.41, 5.74) is 2.36. The molecule has 1 aromatic carbocycles. The zero-order valence-electron chi connectivity index (χ0n) is 15.8. The molecule has 4 rings (SSSR count). The minimum absolute atomic E-state index is 0.0175. The predicted octanol–water partition coefficient (Wildman–Crippen LogP) is 3.45. The first-order valence-electron chi connectivity index (χ1n) is 9.62. The van der Waals surface area contributed by atoms with Crippen LogP contribution in [-0.4, -0.2) is 39.8 Å². The van der Waals surface area contributed by atoms with Gasteiger partial charge >= 0.3 is 0 Å². The minimum atomic E-state index is -0.0707. The number of amides is 2. The van der Waals surface area contributed by atoms with Crippen molar-refractivity contribution >= 4 is 34.3 Å². The Hall–Kier alpha value is -2.99. The van der Waals surface area contributed by atoms with Crippen LogP contribution >= 0.6 is 11.6 Å². The lowest BCUT2D eigenvalue weighted by molar-refractivity contribution is -0.126. The van der Waals surface area contributed by atoms with Gasteiger partial charge in [-0.2, -0.15) is 0 Å². The van der Waals surface area contributed by atoms with Crippen molar-refractivity contribution in [1.29, 1.82) is 0 Å². The zero-order valence-corrected chi connectivity index (χ0v) is 16.6. The van der Waals surface area contributed by atoms with Crippen LogP contribution in [0.15, 0.2) is 54.9 Å². The SMILES string of the molecule is O=C(NCc1cccnc1)C1CCN(C(=O)c2ccc3nc(Cl)ccc3c2)CC1. The molecule has 1 fully saturated rings. The summed E-state index contributed by atoms with van der Waals surface area (Å²) in [5, 5.41) is 4.28. The van der Waals surface area contributed by atoms with E-state index in [1.165, 1.54) is 0 Å². The summed E-state index contributed by atoms with van der Waals surface area (Å²) in [7, 11) is 0. The van der Waals surface area contributed by atoms with E-state index in [2.05, 4.69) is 15.3 Å². The van der Waals surface area contributed by atoms with Crippen molar-refractivity contribution in [1.82, 2.24) is 20.2 Å². The normalized spacial score (nSPS) is 14.7. The molecule has 1 aliphatic rings. The molecule has 1 saturated heterocycles.